The van der Waals surface area contributed by atoms with E-state index in [0.717, 1.165) is 5.57 Å². The third kappa shape index (κ3) is 4.14. The maximum atomic E-state index is 14.1. The van der Waals surface area contributed by atoms with Gasteiger partial charge in [0, 0.05) is 24.8 Å². The molecule has 1 aliphatic heterocycles. The number of aromatic nitrogens is 2. The molecule has 2 amide bonds. The Hall–Kier alpha value is -2.47. The summed E-state index contributed by atoms with van der Waals surface area (Å²) in [6.45, 7) is 3.14. The van der Waals surface area contributed by atoms with Crippen molar-refractivity contribution in [2.75, 3.05) is 18.4 Å². The van der Waals surface area contributed by atoms with Gasteiger partial charge in [0.2, 0.25) is 0 Å². The smallest absolute Gasteiger partial charge is 0.323 e. The van der Waals surface area contributed by atoms with Crippen molar-refractivity contribution in [1.29, 1.82) is 0 Å². The highest BCUT2D eigenvalue weighted by Crippen LogP contribution is 2.27. The van der Waals surface area contributed by atoms with Gasteiger partial charge >= 0.3 is 6.03 Å². The van der Waals surface area contributed by atoms with Crippen molar-refractivity contribution in [2.24, 2.45) is 5.92 Å². The summed E-state index contributed by atoms with van der Waals surface area (Å²) in [4.78, 5) is 14.1. The molecule has 2 heterocycles. The SMILES string of the molecule is CC1CN(C(=O)Nc2cccnn2)CCC1=Cc1cccc(Cl)c1F. The van der Waals surface area contributed by atoms with Crippen LogP contribution in [0.4, 0.5) is 15.0 Å². The quantitative estimate of drug-likeness (QED) is 0.872. The molecule has 1 aromatic heterocycles. The van der Waals surface area contributed by atoms with Crippen LogP contribution in [-0.2, 0) is 0 Å². The van der Waals surface area contributed by atoms with E-state index in [-0.39, 0.29) is 17.0 Å². The number of anilines is 1. The van der Waals surface area contributed by atoms with Crippen molar-refractivity contribution in [2.45, 2.75) is 13.3 Å². The lowest BCUT2D eigenvalue weighted by molar-refractivity contribution is 0.197. The van der Waals surface area contributed by atoms with E-state index in [0.29, 0.717) is 30.9 Å². The zero-order valence-electron chi connectivity index (χ0n) is 13.7. The largest absolute Gasteiger partial charge is 0.324 e. The molecular weight excluding hydrogens is 343 g/mol. The zero-order chi connectivity index (χ0) is 17.8. The molecule has 0 spiro atoms. The van der Waals surface area contributed by atoms with Crippen LogP contribution in [0.5, 0.6) is 0 Å². The maximum absolute atomic E-state index is 14.1. The molecule has 0 saturated carbocycles. The molecule has 0 bridgehead atoms. The number of amides is 2. The van der Waals surface area contributed by atoms with Gasteiger partial charge in [0.05, 0.1) is 5.02 Å². The summed E-state index contributed by atoms with van der Waals surface area (Å²) in [5.74, 6) is 0.133. The summed E-state index contributed by atoms with van der Waals surface area (Å²) < 4.78 is 14.1. The Labute approximate surface area is 150 Å². The average Bonchev–Trinajstić information content (AvgIpc) is 2.61. The first-order chi connectivity index (χ1) is 12.0. The first kappa shape index (κ1) is 17.4. The predicted octanol–water partition coefficient (Wildman–Crippen LogP) is 4.23. The Bertz CT molecular complexity index is 797. The van der Waals surface area contributed by atoms with E-state index < -0.39 is 5.82 Å². The van der Waals surface area contributed by atoms with E-state index >= 15 is 0 Å². The molecule has 1 atom stereocenters. The third-order valence-electron chi connectivity index (χ3n) is 4.21. The monoisotopic (exact) mass is 360 g/mol. The van der Waals surface area contributed by atoms with Crippen molar-refractivity contribution < 1.29 is 9.18 Å². The summed E-state index contributed by atoms with van der Waals surface area (Å²) >= 11 is 5.83. The lowest BCUT2D eigenvalue weighted by Gasteiger charge is -2.33. The highest BCUT2D eigenvalue weighted by atomic mass is 35.5. The maximum Gasteiger partial charge on any atom is 0.323 e. The van der Waals surface area contributed by atoms with Crippen LogP contribution in [0, 0.1) is 11.7 Å². The van der Waals surface area contributed by atoms with Gasteiger partial charge in [0.15, 0.2) is 5.82 Å². The second kappa shape index (κ2) is 7.61. The van der Waals surface area contributed by atoms with E-state index in [4.69, 9.17) is 11.6 Å². The van der Waals surface area contributed by atoms with Crippen LogP contribution >= 0.6 is 11.6 Å². The molecular formula is C18H18ClFN4O. The average molecular weight is 361 g/mol. The fourth-order valence-corrected chi connectivity index (χ4v) is 3.02. The molecule has 1 N–H and O–H groups in total. The predicted molar refractivity (Wildman–Crippen MR) is 95.8 cm³/mol. The molecule has 3 rings (SSSR count). The van der Waals surface area contributed by atoms with Crippen LogP contribution in [0.1, 0.15) is 18.9 Å². The first-order valence-corrected chi connectivity index (χ1v) is 8.40. The normalized spacial score (nSPS) is 19.1. The molecule has 2 aromatic rings. The Balaban J connectivity index is 1.67. The summed E-state index contributed by atoms with van der Waals surface area (Å²) in [5, 5.41) is 10.4. The number of urea groups is 1. The van der Waals surface area contributed by atoms with Gasteiger partial charge in [-0.25, -0.2) is 9.18 Å². The van der Waals surface area contributed by atoms with E-state index in [1.54, 1.807) is 35.4 Å². The van der Waals surface area contributed by atoms with Crippen LogP contribution in [-0.4, -0.2) is 34.2 Å². The molecule has 5 nitrogen and oxygen atoms in total. The lowest BCUT2D eigenvalue weighted by Crippen LogP contribution is -2.42. The number of carbonyl (C=O) groups excluding carboxylic acids is 1. The molecule has 1 aliphatic rings. The second-order valence-electron chi connectivity index (χ2n) is 6.00. The molecule has 1 aromatic carbocycles. The van der Waals surface area contributed by atoms with Crippen LogP contribution in [0.2, 0.25) is 5.02 Å². The zero-order valence-corrected chi connectivity index (χ0v) is 14.5. The summed E-state index contributed by atoms with van der Waals surface area (Å²) in [6.07, 6.45) is 4.06. The first-order valence-electron chi connectivity index (χ1n) is 8.02. The van der Waals surface area contributed by atoms with Crippen LogP contribution < -0.4 is 5.32 Å². The van der Waals surface area contributed by atoms with Crippen molar-refractivity contribution in [1.82, 2.24) is 15.1 Å². The third-order valence-corrected chi connectivity index (χ3v) is 4.51. The fourth-order valence-electron chi connectivity index (χ4n) is 2.84. The Morgan fingerprint density at radius 3 is 2.96 bits per heavy atom. The minimum Gasteiger partial charge on any atom is -0.324 e. The minimum absolute atomic E-state index is 0.114. The molecule has 0 radical (unpaired) electrons. The summed E-state index contributed by atoms with van der Waals surface area (Å²) in [5.41, 5.74) is 1.58. The molecule has 7 heteroatoms. The molecule has 1 unspecified atom stereocenters. The van der Waals surface area contributed by atoms with E-state index in [2.05, 4.69) is 15.5 Å². The summed E-state index contributed by atoms with van der Waals surface area (Å²) in [7, 11) is 0. The Kier molecular flexibility index (Phi) is 5.28. The van der Waals surface area contributed by atoms with Gasteiger partial charge in [0.25, 0.3) is 0 Å². The number of carbonyl (C=O) groups is 1. The standard InChI is InChI=1S/C18H18ClFN4O/c1-12-11-24(18(25)22-16-6-3-8-21-23-16)9-7-13(12)10-14-4-2-5-15(19)17(14)20/h2-6,8,10,12H,7,9,11H2,1H3,(H,22,23,25). The van der Waals surface area contributed by atoms with Gasteiger partial charge < -0.3 is 4.90 Å². The summed E-state index contributed by atoms with van der Waals surface area (Å²) in [6, 6.07) is 8.15. The number of piperidine rings is 1. The van der Waals surface area contributed by atoms with Gasteiger partial charge in [-0.05, 0) is 30.5 Å². The van der Waals surface area contributed by atoms with Gasteiger partial charge in [-0.1, -0.05) is 42.3 Å². The molecule has 1 fully saturated rings. The lowest BCUT2D eigenvalue weighted by atomic mass is 9.91. The van der Waals surface area contributed by atoms with E-state index in [1.165, 1.54) is 6.07 Å². The number of halogens is 2. The topological polar surface area (TPSA) is 58.1 Å². The van der Waals surface area contributed by atoms with Gasteiger partial charge in [-0.15, -0.1) is 5.10 Å². The number of nitrogens with zero attached hydrogens (tertiary/aromatic N) is 3. The fraction of sp³-hybridized carbons (Fsp3) is 0.278. The van der Waals surface area contributed by atoms with Gasteiger partial charge in [-0.2, -0.15) is 5.10 Å². The van der Waals surface area contributed by atoms with Gasteiger partial charge in [-0.3, -0.25) is 5.32 Å². The Morgan fingerprint density at radius 1 is 1.40 bits per heavy atom. The number of nitrogens with one attached hydrogen (secondary N) is 1. The minimum atomic E-state index is -0.410. The highest BCUT2D eigenvalue weighted by molar-refractivity contribution is 6.30. The number of hydrogen-bond donors (Lipinski definition) is 1. The highest BCUT2D eigenvalue weighted by Gasteiger charge is 2.25. The molecule has 130 valence electrons. The molecule has 0 aliphatic carbocycles. The van der Waals surface area contributed by atoms with E-state index in [9.17, 15) is 9.18 Å². The second-order valence-corrected chi connectivity index (χ2v) is 6.41. The number of likely N-dealkylation sites (tertiary alicyclic amines) is 1. The van der Waals surface area contributed by atoms with Crippen LogP contribution in [0.25, 0.3) is 6.08 Å². The molecule has 25 heavy (non-hydrogen) atoms. The number of rotatable bonds is 2. The number of hydrogen-bond acceptors (Lipinski definition) is 3. The van der Waals surface area contributed by atoms with Crippen molar-refractivity contribution in [3.05, 3.63) is 58.5 Å². The van der Waals surface area contributed by atoms with Crippen LogP contribution in [0.15, 0.2) is 42.1 Å². The Morgan fingerprint density at radius 2 is 2.24 bits per heavy atom. The van der Waals surface area contributed by atoms with Crippen LogP contribution in [0.3, 0.4) is 0 Å². The number of benzene rings is 1. The van der Waals surface area contributed by atoms with Gasteiger partial charge in [0.1, 0.15) is 5.82 Å². The van der Waals surface area contributed by atoms with Crippen molar-refractivity contribution in [3.8, 4) is 0 Å². The van der Waals surface area contributed by atoms with Crippen molar-refractivity contribution in [3.63, 3.8) is 0 Å². The van der Waals surface area contributed by atoms with Crippen molar-refractivity contribution >= 4 is 29.5 Å². The molecule has 1 saturated heterocycles. The van der Waals surface area contributed by atoms with E-state index in [1.807, 2.05) is 13.0 Å².